The summed E-state index contributed by atoms with van der Waals surface area (Å²) < 4.78 is 33.1. The lowest BCUT2D eigenvalue weighted by molar-refractivity contribution is 0.0696. The highest BCUT2D eigenvalue weighted by molar-refractivity contribution is 7.92. The quantitative estimate of drug-likeness (QED) is 0.806. The molecule has 1 aliphatic heterocycles. The molecule has 26 heavy (non-hydrogen) atoms. The van der Waals surface area contributed by atoms with Gasteiger partial charge in [0.25, 0.3) is 10.0 Å². The number of aromatic carboxylic acids is 1. The summed E-state index contributed by atoms with van der Waals surface area (Å²) in [6.45, 7) is 2.69. The lowest BCUT2D eigenvalue weighted by Crippen LogP contribution is -2.36. The van der Waals surface area contributed by atoms with E-state index in [0.717, 1.165) is 24.8 Å². The van der Waals surface area contributed by atoms with Gasteiger partial charge in [-0.05, 0) is 36.4 Å². The van der Waals surface area contributed by atoms with Crippen LogP contribution in [0.5, 0.6) is 0 Å². The molecule has 0 amide bonds. The number of halogens is 1. The summed E-state index contributed by atoms with van der Waals surface area (Å²) >= 11 is 5.97. The second kappa shape index (κ2) is 7.53. The van der Waals surface area contributed by atoms with Gasteiger partial charge < -0.3 is 14.7 Å². The first kappa shape index (κ1) is 18.5. The van der Waals surface area contributed by atoms with Crippen molar-refractivity contribution in [2.45, 2.75) is 4.90 Å². The van der Waals surface area contributed by atoms with Crippen LogP contribution in [-0.4, -0.2) is 45.8 Å². The van der Waals surface area contributed by atoms with Crippen LogP contribution in [0, 0.1) is 0 Å². The van der Waals surface area contributed by atoms with Gasteiger partial charge in [0.15, 0.2) is 0 Å². The molecule has 0 spiro atoms. The van der Waals surface area contributed by atoms with Crippen LogP contribution < -0.4 is 9.62 Å². The Morgan fingerprint density at radius 2 is 1.88 bits per heavy atom. The van der Waals surface area contributed by atoms with Crippen LogP contribution in [0.1, 0.15) is 10.4 Å². The van der Waals surface area contributed by atoms with Crippen LogP contribution >= 0.6 is 11.6 Å². The van der Waals surface area contributed by atoms with Crippen LogP contribution in [0.25, 0.3) is 0 Å². The van der Waals surface area contributed by atoms with E-state index in [1.54, 1.807) is 18.2 Å². The van der Waals surface area contributed by atoms with Crippen molar-refractivity contribution < 1.29 is 23.1 Å². The normalized spacial score (nSPS) is 14.9. The van der Waals surface area contributed by atoms with Crippen molar-refractivity contribution in [2.24, 2.45) is 0 Å². The predicted octanol–water partition coefficient (Wildman–Crippen LogP) is 2.68. The van der Waals surface area contributed by atoms with Crippen molar-refractivity contribution in [1.82, 2.24) is 0 Å². The molecule has 0 aromatic heterocycles. The molecule has 1 aliphatic rings. The third-order valence-electron chi connectivity index (χ3n) is 3.94. The molecule has 0 atom stereocenters. The van der Waals surface area contributed by atoms with Crippen LogP contribution in [0.15, 0.2) is 47.4 Å². The Morgan fingerprint density at radius 3 is 2.58 bits per heavy atom. The molecule has 7 nitrogen and oxygen atoms in total. The SMILES string of the molecule is O=C(O)c1ccc(Cl)c(S(=O)(=O)Nc2cccc(N3CCOCC3)c2)c1. The fourth-order valence-corrected chi connectivity index (χ4v) is 4.22. The number of anilines is 2. The highest BCUT2D eigenvalue weighted by atomic mass is 35.5. The summed E-state index contributed by atoms with van der Waals surface area (Å²) in [6.07, 6.45) is 0. The number of carbonyl (C=O) groups is 1. The van der Waals surface area contributed by atoms with E-state index in [0.29, 0.717) is 18.9 Å². The van der Waals surface area contributed by atoms with E-state index in [-0.39, 0.29) is 15.5 Å². The maximum absolute atomic E-state index is 12.7. The monoisotopic (exact) mass is 396 g/mol. The van der Waals surface area contributed by atoms with E-state index in [9.17, 15) is 13.2 Å². The van der Waals surface area contributed by atoms with Gasteiger partial charge >= 0.3 is 5.97 Å². The molecule has 2 aromatic carbocycles. The Balaban J connectivity index is 1.88. The van der Waals surface area contributed by atoms with Gasteiger partial charge in [0.05, 0.1) is 29.5 Å². The third kappa shape index (κ3) is 4.09. The van der Waals surface area contributed by atoms with Crippen molar-refractivity contribution in [3.8, 4) is 0 Å². The lowest BCUT2D eigenvalue weighted by Gasteiger charge is -2.29. The number of benzene rings is 2. The zero-order chi connectivity index (χ0) is 18.7. The first-order valence-electron chi connectivity index (χ1n) is 7.85. The number of rotatable bonds is 5. The third-order valence-corrected chi connectivity index (χ3v) is 5.81. The molecule has 0 radical (unpaired) electrons. The molecule has 1 heterocycles. The van der Waals surface area contributed by atoms with Crippen molar-refractivity contribution in [1.29, 1.82) is 0 Å². The number of nitrogens with zero attached hydrogens (tertiary/aromatic N) is 1. The summed E-state index contributed by atoms with van der Waals surface area (Å²) in [5, 5.41) is 9.01. The molecule has 2 aromatic rings. The smallest absolute Gasteiger partial charge is 0.335 e. The minimum Gasteiger partial charge on any atom is -0.478 e. The molecule has 0 bridgehead atoms. The van der Waals surface area contributed by atoms with Gasteiger partial charge in [-0.3, -0.25) is 4.72 Å². The number of hydrogen-bond donors (Lipinski definition) is 2. The predicted molar refractivity (Wildman–Crippen MR) is 98.7 cm³/mol. The van der Waals surface area contributed by atoms with Crippen LogP contribution in [-0.2, 0) is 14.8 Å². The summed E-state index contributed by atoms with van der Waals surface area (Å²) in [4.78, 5) is 12.9. The molecule has 0 unspecified atom stereocenters. The second-order valence-electron chi connectivity index (χ2n) is 5.71. The molecule has 9 heteroatoms. The Morgan fingerprint density at radius 1 is 1.15 bits per heavy atom. The van der Waals surface area contributed by atoms with Gasteiger partial charge in [-0.1, -0.05) is 17.7 Å². The fraction of sp³-hybridized carbons (Fsp3) is 0.235. The lowest BCUT2D eigenvalue weighted by atomic mass is 10.2. The molecule has 1 fully saturated rings. The van der Waals surface area contributed by atoms with Crippen molar-refractivity contribution in [3.05, 3.63) is 53.1 Å². The van der Waals surface area contributed by atoms with E-state index in [1.165, 1.54) is 12.1 Å². The Bertz CT molecular complexity index is 927. The number of carboxylic acids is 1. The molecule has 2 N–H and O–H groups in total. The number of nitrogens with one attached hydrogen (secondary N) is 1. The Hall–Kier alpha value is -2.29. The number of ether oxygens (including phenoxy) is 1. The van der Waals surface area contributed by atoms with Crippen LogP contribution in [0.3, 0.4) is 0 Å². The van der Waals surface area contributed by atoms with Crippen molar-refractivity contribution in [3.63, 3.8) is 0 Å². The van der Waals surface area contributed by atoms with Crippen molar-refractivity contribution in [2.75, 3.05) is 35.9 Å². The second-order valence-corrected chi connectivity index (χ2v) is 7.76. The highest BCUT2D eigenvalue weighted by Crippen LogP contribution is 2.27. The van der Waals surface area contributed by atoms with Gasteiger partial charge in [-0.15, -0.1) is 0 Å². The van der Waals surface area contributed by atoms with Crippen molar-refractivity contribution >= 4 is 39.0 Å². The molecule has 1 saturated heterocycles. The first-order chi connectivity index (χ1) is 12.4. The molecule has 0 aliphatic carbocycles. The maximum atomic E-state index is 12.7. The van der Waals surface area contributed by atoms with E-state index in [4.69, 9.17) is 21.4 Å². The Labute approximate surface area is 156 Å². The standard InChI is InChI=1S/C17H17ClN2O5S/c18-15-5-4-12(17(21)22)10-16(15)26(23,24)19-13-2-1-3-14(11-13)20-6-8-25-9-7-20/h1-5,10-11,19H,6-9H2,(H,21,22). The van der Waals surface area contributed by atoms with Gasteiger partial charge in [-0.2, -0.15) is 0 Å². The minimum absolute atomic E-state index is 0.0492. The average molecular weight is 397 g/mol. The molecule has 3 rings (SSSR count). The summed E-state index contributed by atoms with van der Waals surface area (Å²) in [7, 11) is -4.04. The fourth-order valence-electron chi connectivity index (χ4n) is 2.64. The number of sulfonamides is 1. The van der Waals surface area contributed by atoms with E-state index >= 15 is 0 Å². The van der Waals surface area contributed by atoms with E-state index in [1.807, 2.05) is 6.07 Å². The van der Waals surface area contributed by atoms with E-state index in [2.05, 4.69) is 9.62 Å². The summed E-state index contributed by atoms with van der Waals surface area (Å²) in [5.41, 5.74) is 1.08. The largest absolute Gasteiger partial charge is 0.478 e. The summed E-state index contributed by atoms with van der Waals surface area (Å²) in [5.74, 6) is -1.23. The van der Waals surface area contributed by atoms with Gasteiger partial charge in [0, 0.05) is 18.8 Å². The molecular formula is C17H17ClN2O5S. The topological polar surface area (TPSA) is 95.9 Å². The van der Waals surface area contributed by atoms with Gasteiger partial charge in [0.1, 0.15) is 4.90 Å². The molecular weight excluding hydrogens is 380 g/mol. The van der Waals surface area contributed by atoms with Gasteiger partial charge in [0.2, 0.25) is 0 Å². The zero-order valence-electron chi connectivity index (χ0n) is 13.7. The molecule has 138 valence electrons. The highest BCUT2D eigenvalue weighted by Gasteiger charge is 2.21. The summed E-state index contributed by atoms with van der Waals surface area (Å²) in [6, 6.07) is 10.5. The molecule has 0 saturated carbocycles. The van der Waals surface area contributed by atoms with E-state index < -0.39 is 16.0 Å². The average Bonchev–Trinajstić information content (AvgIpc) is 2.62. The number of carboxylic acid groups (broad SMARTS) is 1. The zero-order valence-corrected chi connectivity index (χ0v) is 15.3. The minimum atomic E-state index is -4.04. The van der Waals surface area contributed by atoms with Crippen LogP contribution in [0.4, 0.5) is 11.4 Å². The number of hydrogen-bond acceptors (Lipinski definition) is 5. The number of morpholine rings is 1. The van der Waals surface area contributed by atoms with Crippen LogP contribution in [0.2, 0.25) is 5.02 Å². The Kier molecular flexibility index (Phi) is 5.36. The first-order valence-corrected chi connectivity index (χ1v) is 9.71. The van der Waals surface area contributed by atoms with Gasteiger partial charge in [-0.25, -0.2) is 13.2 Å². The maximum Gasteiger partial charge on any atom is 0.335 e.